The van der Waals surface area contributed by atoms with Gasteiger partial charge in [0, 0.05) is 6.21 Å². The van der Waals surface area contributed by atoms with Crippen LogP contribution in [-0.4, -0.2) is 19.3 Å². The maximum absolute atomic E-state index is 11.5. The van der Waals surface area contributed by atoms with Gasteiger partial charge in [-0.15, -0.1) is 0 Å². The molecule has 0 heterocycles. The molecule has 1 aromatic carbocycles. The lowest BCUT2D eigenvalue weighted by Crippen LogP contribution is -2.01. The Morgan fingerprint density at radius 1 is 1.28 bits per heavy atom. The molecule has 0 amide bonds. The highest BCUT2D eigenvalue weighted by Crippen LogP contribution is 2.19. The molecule has 0 aromatic heterocycles. The molecule has 0 radical (unpaired) electrons. The van der Waals surface area contributed by atoms with E-state index in [1.54, 1.807) is 6.07 Å². The summed E-state index contributed by atoms with van der Waals surface area (Å²) in [5.74, 6) is -0.339. The van der Waals surface area contributed by atoms with E-state index in [-0.39, 0.29) is 5.97 Å². The predicted octanol–water partition coefficient (Wildman–Crippen LogP) is 4.15. The number of benzene rings is 1. The van der Waals surface area contributed by atoms with Crippen molar-refractivity contribution in [3.8, 4) is 0 Å². The van der Waals surface area contributed by atoms with E-state index in [2.05, 4.69) is 11.9 Å². The smallest absolute Gasteiger partial charge is 0.340 e. The van der Waals surface area contributed by atoms with Gasteiger partial charge >= 0.3 is 5.97 Å². The molecule has 3 nitrogen and oxygen atoms in total. The van der Waals surface area contributed by atoms with E-state index in [4.69, 9.17) is 4.74 Å². The molecule has 0 atom stereocenters. The molecule has 0 bridgehead atoms. The third-order valence-electron chi connectivity index (χ3n) is 2.73. The second-order valence-electron chi connectivity index (χ2n) is 4.17. The summed E-state index contributed by atoms with van der Waals surface area (Å²) < 4.78 is 4.72. The molecule has 0 fully saturated rings. The highest BCUT2D eigenvalue weighted by atomic mass is 16.5. The Kier molecular flexibility index (Phi) is 6.77. The second-order valence-corrected chi connectivity index (χ2v) is 4.17. The number of hydrogen-bond acceptors (Lipinski definition) is 3. The number of hydrogen-bond donors (Lipinski definition) is 0. The summed E-state index contributed by atoms with van der Waals surface area (Å²) >= 11 is 0. The Morgan fingerprint density at radius 2 is 2.06 bits per heavy atom. The molecule has 0 aliphatic rings. The molecule has 18 heavy (non-hydrogen) atoms. The zero-order valence-corrected chi connectivity index (χ0v) is 11.2. The fraction of sp³-hybridized carbons (Fsp3) is 0.467. The lowest BCUT2D eigenvalue weighted by atomic mass is 10.1. The van der Waals surface area contributed by atoms with Crippen molar-refractivity contribution in [2.75, 3.05) is 7.11 Å². The fourth-order valence-electron chi connectivity index (χ4n) is 1.69. The summed E-state index contributed by atoms with van der Waals surface area (Å²) in [6.45, 7) is 2.20. The van der Waals surface area contributed by atoms with Gasteiger partial charge < -0.3 is 4.74 Å². The molecule has 1 rings (SSSR count). The van der Waals surface area contributed by atoms with Crippen molar-refractivity contribution in [3.05, 3.63) is 29.8 Å². The topological polar surface area (TPSA) is 38.7 Å². The summed E-state index contributed by atoms with van der Waals surface area (Å²) in [4.78, 5) is 15.9. The summed E-state index contributed by atoms with van der Waals surface area (Å²) in [6.07, 6.45) is 7.74. The van der Waals surface area contributed by atoms with Crippen molar-refractivity contribution < 1.29 is 9.53 Å². The van der Waals surface area contributed by atoms with Crippen LogP contribution in [0.2, 0.25) is 0 Å². The minimum atomic E-state index is -0.339. The molecule has 0 saturated carbocycles. The monoisotopic (exact) mass is 247 g/mol. The maximum Gasteiger partial charge on any atom is 0.340 e. The van der Waals surface area contributed by atoms with Crippen LogP contribution < -0.4 is 0 Å². The van der Waals surface area contributed by atoms with Crippen molar-refractivity contribution >= 4 is 17.9 Å². The molecule has 98 valence electrons. The van der Waals surface area contributed by atoms with E-state index in [1.165, 1.54) is 26.4 Å². The van der Waals surface area contributed by atoms with E-state index >= 15 is 0 Å². The summed E-state index contributed by atoms with van der Waals surface area (Å²) in [5, 5.41) is 0. The number of methoxy groups -OCH3 is 1. The van der Waals surface area contributed by atoms with Gasteiger partial charge in [0.15, 0.2) is 0 Å². The largest absolute Gasteiger partial charge is 0.465 e. The Bertz CT molecular complexity index is 399. The van der Waals surface area contributed by atoms with Crippen LogP contribution in [0.3, 0.4) is 0 Å². The molecule has 0 unspecified atom stereocenters. The first-order valence-corrected chi connectivity index (χ1v) is 6.49. The molecule has 0 N–H and O–H groups in total. The third-order valence-corrected chi connectivity index (χ3v) is 2.73. The molecule has 0 aliphatic heterocycles. The third kappa shape index (κ3) is 4.70. The van der Waals surface area contributed by atoms with Gasteiger partial charge in [0.1, 0.15) is 0 Å². The van der Waals surface area contributed by atoms with E-state index in [0.29, 0.717) is 11.3 Å². The average molecular weight is 247 g/mol. The number of unbranched alkanes of at least 4 members (excludes halogenated alkanes) is 4. The minimum Gasteiger partial charge on any atom is -0.465 e. The van der Waals surface area contributed by atoms with Crippen LogP contribution in [0.25, 0.3) is 0 Å². The van der Waals surface area contributed by atoms with Gasteiger partial charge in [-0.2, -0.15) is 0 Å². The lowest BCUT2D eigenvalue weighted by Gasteiger charge is -2.02. The summed E-state index contributed by atoms with van der Waals surface area (Å²) in [6, 6.07) is 7.24. The number of esters is 1. The van der Waals surface area contributed by atoms with Crippen LogP contribution in [0.1, 0.15) is 49.4 Å². The number of ether oxygens (including phenoxy) is 1. The standard InChI is InChI=1S/C15H21NO2/c1-3-4-5-6-9-12-16-14-11-8-7-10-13(14)15(17)18-2/h7-8,10-12H,3-6,9H2,1-2H3. The Balaban J connectivity index is 2.55. The number of rotatable bonds is 7. The Hall–Kier alpha value is -1.64. The highest BCUT2D eigenvalue weighted by molar-refractivity contribution is 5.95. The van der Waals surface area contributed by atoms with Crippen LogP contribution >= 0.6 is 0 Å². The van der Waals surface area contributed by atoms with Gasteiger partial charge in [0.25, 0.3) is 0 Å². The van der Waals surface area contributed by atoms with E-state index in [0.717, 1.165) is 12.8 Å². The highest BCUT2D eigenvalue weighted by Gasteiger charge is 2.09. The Morgan fingerprint density at radius 3 is 2.78 bits per heavy atom. The molecular weight excluding hydrogens is 226 g/mol. The Labute approximate surface area is 109 Å². The normalized spacial score (nSPS) is 10.8. The maximum atomic E-state index is 11.5. The van der Waals surface area contributed by atoms with Gasteiger partial charge in [-0.05, 0) is 25.0 Å². The van der Waals surface area contributed by atoms with Crippen LogP contribution in [0.4, 0.5) is 5.69 Å². The van der Waals surface area contributed by atoms with E-state index < -0.39 is 0 Å². The number of aliphatic imine (C=N–C) groups is 1. The SMILES string of the molecule is CCCCCCC=Nc1ccccc1C(=O)OC. The van der Waals surface area contributed by atoms with Crippen molar-refractivity contribution in [1.29, 1.82) is 0 Å². The first-order valence-electron chi connectivity index (χ1n) is 6.49. The number of carbonyl (C=O) groups is 1. The number of para-hydroxylation sites is 1. The first-order chi connectivity index (χ1) is 8.79. The van der Waals surface area contributed by atoms with Crippen LogP contribution in [0, 0.1) is 0 Å². The molecule has 3 heteroatoms. The number of nitrogens with zero attached hydrogens (tertiary/aromatic N) is 1. The first kappa shape index (κ1) is 14.4. The lowest BCUT2D eigenvalue weighted by molar-refractivity contribution is 0.0602. The summed E-state index contributed by atoms with van der Waals surface area (Å²) in [7, 11) is 1.38. The molecule has 0 aliphatic carbocycles. The predicted molar refractivity (Wildman–Crippen MR) is 74.7 cm³/mol. The van der Waals surface area contributed by atoms with Gasteiger partial charge in [-0.1, -0.05) is 38.3 Å². The van der Waals surface area contributed by atoms with Gasteiger partial charge in [0.05, 0.1) is 18.4 Å². The van der Waals surface area contributed by atoms with Gasteiger partial charge in [0.2, 0.25) is 0 Å². The number of carbonyl (C=O) groups excluding carboxylic acids is 1. The molecule has 1 aromatic rings. The fourth-order valence-corrected chi connectivity index (χ4v) is 1.69. The van der Waals surface area contributed by atoms with Gasteiger partial charge in [-0.3, -0.25) is 4.99 Å². The zero-order valence-electron chi connectivity index (χ0n) is 11.2. The minimum absolute atomic E-state index is 0.339. The summed E-state index contributed by atoms with van der Waals surface area (Å²) in [5.41, 5.74) is 1.20. The quantitative estimate of drug-likeness (QED) is 0.412. The van der Waals surface area contributed by atoms with Crippen LogP contribution in [0.5, 0.6) is 0 Å². The zero-order chi connectivity index (χ0) is 13.2. The van der Waals surface area contributed by atoms with Crippen LogP contribution in [0.15, 0.2) is 29.3 Å². The van der Waals surface area contributed by atoms with Crippen LogP contribution in [-0.2, 0) is 4.74 Å². The van der Waals surface area contributed by atoms with Crippen molar-refractivity contribution in [1.82, 2.24) is 0 Å². The van der Waals surface area contributed by atoms with Gasteiger partial charge in [-0.25, -0.2) is 4.79 Å². The van der Waals surface area contributed by atoms with E-state index in [1.807, 2.05) is 24.4 Å². The van der Waals surface area contributed by atoms with Crippen molar-refractivity contribution in [2.45, 2.75) is 39.0 Å². The molecule has 0 saturated heterocycles. The molecular formula is C15H21NO2. The average Bonchev–Trinajstić information content (AvgIpc) is 2.42. The van der Waals surface area contributed by atoms with Crippen molar-refractivity contribution in [3.63, 3.8) is 0 Å². The van der Waals surface area contributed by atoms with Crippen molar-refractivity contribution in [2.24, 2.45) is 4.99 Å². The molecule has 0 spiro atoms. The second kappa shape index (κ2) is 8.45. The van der Waals surface area contributed by atoms with E-state index in [9.17, 15) is 4.79 Å².